The van der Waals surface area contributed by atoms with E-state index in [2.05, 4.69) is 5.32 Å². The minimum atomic E-state index is -0.759. The van der Waals surface area contributed by atoms with E-state index in [0.717, 1.165) is 0 Å². The first-order valence-corrected chi connectivity index (χ1v) is 4.58. The lowest BCUT2D eigenvalue weighted by Crippen LogP contribution is -2.41. The lowest BCUT2D eigenvalue weighted by Gasteiger charge is -2.23. The Hall–Kier alpha value is -0.160. The Balaban J connectivity index is 3.50. The molecule has 0 rings (SSSR count). The zero-order valence-corrected chi connectivity index (χ0v) is 8.71. The van der Waals surface area contributed by atoms with Crippen LogP contribution in [0.4, 0.5) is 0 Å². The van der Waals surface area contributed by atoms with Gasteiger partial charge in [0.1, 0.15) is 0 Å². The van der Waals surface area contributed by atoms with Crippen molar-refractivity contribution in [3.63, 3.8) is 0 Å². The molecule has 0 aliphatic carbocycles. The van der Waals surface area contributed by atoms with Crippen molar-refractivity contribution in [1.82, 2.24) is 5.32 Å². The summed E-state index contributed by atoms with van der Waals surface area (Å²) in [6, 6.07) is 0. The Bertz CT molecular complexity index is 126. The number of aliphatic hydroxyl groups excluding tert-OH is 1. The van der Waals surface area contributed by atoms with Gasteiger partial charge in [-0.3, -0.25) is 0 Å². The number of hydrogen-bond acceptors (Lipinski definition) is 4. The van der Waals surface area contributed by atoms with E-state index in [9.17, 15) is 5.11 Å². The molecule has 0 aliphatic heterocycles. The quantitative estimate of drug-likeness (QED) is 0.519. The Morgan fingerprint density at radius 3 is 2.62 bits per heavy atom. The van der Waals surface area contributed by atoms with Gasteiger partial charge in [-0.05, 0) is 13.8 Å². The van der Waals surface area contributed by atoms with Crippen LogP contribution in [0.3, 0.4) is 0 Å². The molecule has 0 heterocycles. The highest BCUT2D eigenvalue weighted by Crippen LogP contribution is 2.07. The Morgan fingerprint density at radius 1 is 1.54 bits per heavy atom. The molecule has 0 saturated carbocycles. The van der Waals surface area contributed by atoms with Crippen LogP contribution in [0.25, 0.3) is 0 Å². The van der Waals surface area contributed by atoms with Crippen LogP contribution in [0.1, 0.15) is 20.3 Å². The monoisotopic (exact) mass is 191 g/mol. The van der Waals surface area contributed by atoms with Crippen LogP contribution in [0.5, 0.6) is 0 Å². The summed E-state index contributed by atoms with van der Waals surface area (Å²) in [5.74, 6) is 0. The first-order chi connectivity index (χ1) is 5.98. The number of nitrogens with one attached hydrogen (secondary N) is 1. The Morgan fingerprint density at radius 2 is 2.15 bits per heavy atom. The lowest BCUT2D eigenvalue weighted by atomic mass is 10.0. The molecule has 0 aromatic heterocycles. The number of ether oxygens (including phenoxy) is 1. The van der Waals surface area contributed by atoms with Crippen molar-refractivity contribution < 1.29 is 14.9 Å². The number of methoxy groups -OCH3 is 1. The summed E-state index contributed by atoms with van der Waals surface area (Å²) in [4.78, 5) is 0. The lowest BCUT2D eigenvalue weighted by molar-refractivity contribution is 0.0230. The summed E-state index contributed by atoms with van der Waals surface area (Å²) < 4.78 is 4.87. The maximum absolute atomic E-state index is 9.73. The van der Waals surface area contributed by atoms with Gasteiger partial charge in [-0.15, -0.1) is 0 Å². The second kappa shape index (κ2) is 6.32. The fourth-order valence-corrected chi connectivity index (χ4v) is 0.961. The second-order valence-electron chi connectivity index (χ2n) is 3.72. The van der Waals surface area contributed by atoms with E-state index >= 15 is 0 Å². The largest absolute Gasteiger partial charge is 0.392 e. The number of rotatable bonds is 7. The minimum absolute atomic E-state index is 0.377. The van der Waals surface area contributed by atoms with E-state index in [4.69, 9.17) is 9.84 Å². The third-order valence-corrected chi connectivity index (χ3v) is 1.79. The molecule has 2 atom stereocenters. The minimum Gasteiger partial charge on any atom is -0.392 e. The van der Waals surface area contributed by atoms with Gasteiger partial charge in [0, 0.05) is 33.2 Å². The van der Waals surface area contributed by atoms with Gasteiger partial charge in [-0.25, -0.2) is 0 Å². The normalized spacial score (nSPS) is 18.2. The predicted molar refractivity (Wildman–Crippen MR) is 51.7 cm³/mol. The van der Waals surface area contributed by atoms with Crippen LogP contribution in [0, 0.1) is 0 Å². The van der Waals surface area contributed by atoms with Crippen LogP contribution in [-0.4, -0.2) is 48.7 Å². The smallest absolute Gasteiger partial charge is 0.0765 e. The maximum Gasteiger partial charge on any atom is 0.0765 e. The molecule has 0 radical (unpaired) electrons. The van der Waals surface area contributed by atoms with Gasteiger partial charge < -0.3 is 20.3 Å². The van der Waals surface area contributed by atoms with Crippen molar-refractivity contribution in [2.45, 2.75) is 32.0 Å². The SMILES string of the molecule is COCCC(C)(O)CNC[C@H](C)O. The van der Waals surface area contributed by atoms with Gasteiger partial charge in [-0.2, -0.15) is 0 Å². The zero-order chi connectivity index (χ0) is 10.3. The molecular formula is C9H21NO3. The molecule has 0 fully saturated rings. The summed E-state index contributed by atoms with van der Waals surface area (Å²) in [6.07, 6.45) is 0.217. The number of aliphatic hydroxyl groups is 2. The molecule has 80 valence electrons. The standard InChI is InChI=1S/C9H21NO3/c1-8(11)6-10-7-9(2,12)4-5-13-3/h8,10-12H,4-7H2,1-3H3/t8-,9?/m0/s1. The third kappa shape index (κ3) is 8.18. The topological polar surface area (TPSA) is 61.7 Å². The van der Waals surface area contributed by atoms with E-state index in [1.54, 1.807) is 21.0 Å². The van der Waals surface area contributed by atoms with Crippen molar-refractivity contribution >= 4 is 0 Å². The van der Waals surface area contributed by atoms with Gasteiger partial charge in [0.25, 0.3) is 0 Å². The van der Waals surface area contributed by atoms with E-state index in [1.165, 1.54) is 0 Å². The fraction of sp³-hybridized carbons (Fsp3) is 1.00. The van der Waals surface area contributed by atoms with Gasteiger partial charge in [0.2, 0.25) is 0 Å². The van der Waals surface area contributed by atoms with Crippen LogP contribution < -0.4 is 5.32 Å². The average molecular weight is 191 g/mol. The Kier molecular flexibility index (Phi) is 6.24. The highest BCUT2D eigenvalue weighted by Gasteiger charge is 2.19. The summed E-state index contributed by atoms with van der Waals surface area (Å²) in [7, 11) is 1.61. The molecule has 0 aliphatic rings. The molecular weight excluding hydrogens is 170 g/mol. The van der Waals surface area contributed by atoms with Gasteiger partial charge in [0.15, 0.2) is 0 Å². The highest BCUT2D eigenvalue weighted by molar-refractivity contribution is 4.75. The molecule has 0 saturated heterocycles. The predicted octanol–water partition coefficient (Wildman–Crippen LogP) is -0.256. The van der Waals surface area contributed by atoms with Crippen molar-refractivity contribution in [3.05, 3.63) is 0 Å². The molecule has 0 spiro atoms. The van der Waals surface area contributed by atoms with E-state index in [-0.39, 0.29) is 6.10 Å². The zero-order valence-electron chi connectivity index (χ0n) is 8.71. The van der Waals surface area contributed by atoms with Crippen LogP contribution in [0.15, 0.2) is 0 Å². The molecule has 13 heavy (non-hydrogen) atoms. The van der Waals surface area contributed by atoms with E-state index < -0.39 is 5.60 Å². The molecule has 0 bridgehead atoms. The van der Waals surface area contributed by atoms with E-state index in [1.807, 2.05) is 0 Å². The molecule has 0 amide bonds. The van der Waals surface area contributed by atoms with Crippen LogP contribution >= 0.6 is 0 Å². The maximum atomic E-state index is 9.73. The van der Waals surface area contributed by atoms with Crippen molar-refractivity contribution in [3.8, 4) is 0 Å². The van der Waals surface area contributed by atoms with Crippen LogP contribution in [-0.2, 0) is 4.74 Å². The summed E-state index contributed by atoms with van der Waals surface area (Å²) in [5, 5.41) is 21.7. The summed E-state index contributed by atoms with van der Waals surface area (Å²) in [5.41, 5.74) is -0.759. The molecule has 0 aromatic carbocycles. The van der Waals surface area contributed by atoms with E-state index in [0.29, 0.717) is 26.1 Å². The fourth-order valence-electron chi connectivity index (χ4n) is 0.961. The summed E-state index contributed by atoms with van der Waals surface area (Å²) in [6.45, 7) is 4.98. The molecule has 4 heteroatoms. The second-order valence-corrected chi connectivity index (χ2v) is 3.72. The Labute approximate surface area is 79.9 Å². The first kappa shape index (κ1) is 12.8. The molecule has 4 nitrogen and oxygen atoms in total. The van der Waals surface area contributed by atoms with Crippen molar-refractivity contribution in [2.24, 2.45) is 0 Å². The van der Waals surface area contributed by atoms with Gasteiger partial charge in [-0.1, -0.05) is 0 Å². The highest BCUT2D eigenvalue weighted by atomic mass is 16.5. The molecule has 3 N–H and O–H groups in total. The van der Waals surface area contributed by atoms with Crippen LogP contribution in [0.2, 0.25) is 0 Å². The third-order valence-electron chi connectivity index (χ3n) is 1.79. The molecule has 0 aromatic rings. The number of hydrogen-bond donors (Lipinski definition) is 3. The molecule has 1 unspecified atom stereocenters. The van der Waals surface area contributed by atoms with Gasteiger partial charge in [0.05, 0.1) is 11.7 Å². The average Bonchev–Trinajstić information content (AvgIpc) is 2.00. The van der Waals surface area contributed by atoms with Gasteiger partial charge >= 0.3 is 0 Å². The first-order valence-electron chi connectivity index (χ1n) is 4.58. The summed E-state index contributed by atoms with van der Waals surface area (Å²) >= 11 is 0. The van der Waals surface area contributed by atoms with Crippen molar-refractivity contribution in [1.29, 1.82) is 0 Å². The van der Waals surface area contributed by atoms with Crippen molar-refractivity contribution in [2.75, 3.05) is 26.8 Å².